The number of benzene rings is 2. The van der Waals surface area contributed by atoms with Crippen LogP contribution in [0.2, 0.25) is 0 Å². The largest absolute Gasteiger partial charge is 0.382 e. The summed E-state index contributed by atoms with van der Waals surface area (Å²) in [5, 5.41) is 3.59. The van der Waals surface area contributed by atoms with Crippen molar-refractivity contribution in [2.45, 2.75) is 51.0 Å². The van der Waals surface area contributed by atoms with Crippen molar-refractivity contribution in [3.05, 3.63) is 53.6 Å². The van der Waals surface area contributed by atoms with E-state index < -0.39 is 0 Å². The van der Waals surface area contributed by atoms with Gasteiger partial charge in [-0.2, -0.15) is 0 Å². The zero-order chi connectivity index (χ0) is 14.2. The van der Waals surface area contributed by atoms with E-state index in [1.54, 1.807) is 0 Å². The highest BCUT2D eigenvalue weighted by Gasteiger charge is 2.20. The van der Waals surface area contributed by atoms with E-state index in [0.717, 1.165) is 5.92 Å². The monoisotopic (exact) mass is 277 g/mol. The number of fused-ring (bicyclic) bond motifs is 1. The van der Waals surface area contributed by atoms with Gasteiger partial charge in [0.2, 0.25) is 0 Å². The Morgan fingerprint density at radius 3 is 2.62 bits per heavy atom. The van der Waals surface area contributed by atoms with E-state index in [4.69, 9.17) is 0 Å². The Hall–Kier alpha value is -1.76. The third kappa shape index (κ3) is 2.46. The predicted octanol–water partition coefficient (Wildman–Crippen LogP) is 5.37. The van der Waals surface area contributed by atoms with E-state index in [1.807, 2.05) is 0 Å². The molecule has 0 saturated heterocycles. The van der Waals surface area contributed by atoms with Crippen LogP contribution in [0, 0.1) is 0 Å². The third-order valence-electron chi connectivity index (χ3n) is 5.15. The van der Waals surface area contributed by atoms with E-state index in [0.29, 0.717) is 6.04 Å². The van der Waals surface area contributed by atoms with Gasteiger partial charge in [0, 0.05) is 11.7 Å². The third-order valence-corrected chi connectivity index (χ3v) is 5.15. The lowest BCUT2D eigenvalue weighted by Gasteiger charge is -2.26. The summed E-state index contributed by atoms with van der Waals surface area (Å²) in [6.45, 7) is 2.26. The summed E-state index contributed by atoms with van der Waals surface area (Å²) in [6, 6.07) is 16.7. The Balaban J connectivity index is 1.67. The molecule has 2 aromatic rings. The van der Waals surface area contributed by atoms with Crippen LogP contribution in [0.25, 0.3) is 11.1 Å². The SMILES string of the molecule is CC1CCc2cc(-c3cccc(C4CCC4)c3)ccc2N1. The van der Waals surface area contributed by atoms with Crippen LogP contribution in [-0.4, -0.2) is 6.04 Å². The number of aryl methyl sites for hydroxylation is 1. The molecule has 1 aliphatic heterocycles. The van der Waals surface area contributed by atoms with E-state index in [-0.39, 0.29) is 0 Å². The van der Waals surface area contributed by atoms with Crippen LogP contribution in [0.5, 0.6) is 0 Å². The fraction of sp³-hybridized carbons (Fsp3) is 0.400. The zero-order valence-corrected chi connectivity index (χ0v) is 12.7. The first-order chi connectivity index (χ1) is 10.3. The van der Waals surface area contributed by atoms with Gasteiger partial charge in [0.25, 0.3) is 0 Å². The first-order valence-corrected chi connectivity index (χ1v) is 8.29. The minimum atomic E-state index is 0.602. The van der Waals surface area contributed by atoms with Crippen molar-refractivity contribution in [2.24, 2.45) is 0 Å². The molecule has 4 rings (SSSR count). The molecule has 2 aromatic carbocycles. The molecule has 0 amide bonds. The molecule has 1 heterocycles. The standard InChI is InChI=1S/C20H23N/c1-14-8-9-19-13-18(10-11-20(19)21-14)17-7-3-6-16(12-17)15-4-2-5-15/h3,6-7,10-15,21H,2,4-5,8-9H2,1H3. The van der Waals surface area contributed by atoms with Crippen molar-refractivity contribution in [1.82, 2.24) is 0 Å². The molecule has 2 aliphatic rings. The molecule has 0 bridgehead atoms. The van der Waals surface area contributed by atoms with Gasteiger partial charge in [-0.25, -0.2) is 0 Å². The number of rotatable bonds is 2. The molecule has 1 nitrogen and oxygen atoms in total. The molecular formula is C20H23N. The van der Waals surface area contributed by atoms with Crippen molar-refractivity contribution in [2.75, 3.05) is 5.32 Å². The van der Waals surface area contributed by atoms with Crippen LogP contribution >= 0.6 is 0 Å². The van der Waals surface area contributed by atoms with Crippen LogP contribution in [0.3, 0.4) is 0 Å². The minimum Gasteiger partial charge on any atom is -0.382 e. The van der Waals surface area contributed by atoms with Gasteiger partial charge in [0.15, 0.2) is 0 Å². The lowest BCUT2D eigenvalue weighted by Crippen LogP contribution is -2.21. The Morgan fingerprint density at radius 1 is 0.952 bits per heavy atom. The van der Waals surface area contributed by atoms with Crippen molar-refractivity contribution < 1.29 is 0 Å². The zero-order valence-electron chi connectivity index (χ0n) is 12.7. The predicted molar refractivity (Wildman–Crippen MR) is 89.9 cm³/mol. The summed E-state index contributed by atoms with van der Waals surface area (Å²) in [5.74, 6) is 0.810. The van der Waals surface area contributed by atoms with Gasteiger partial charge in [0.05, 0.1) is 0 Å². The molecule has 1 fully saturated rings. The summed E-state index contributed by atoms with van der Waals surface area (Å²) >= 11 is 0. The number of hydrogen-bond acceptors (Lipinski definition) is 1. The molecule has 21 heavy (non-hydrogen) atoms. The highest BCUT2D eigenvalue weighted by molar-refractivity contribution is 5.70. The fourth-order valence-electron chi connectivity index (χ4n) is 3.54. The molecule has 0 aromatic heterocycles. The van der Waals surface area contributed by atoms with Gasteiger partial charge >= 0.3 is 0 Å². The topological polar surface area (TPSA) is 12.0 Å². The summed E-state index contributed by atoms with van der Waals surface area (Å²) < 4.78 is 0. The maximum Gasteiger partial charge on any atom is 0.0375 e. The van der Waals surface area contributed by atoms with Crippen molar-refractivity contribution >= 4 is 5.69 Å². The fourth-order valence-corrected chi connectivity index (χ4v) is 3.54. The molecule has 1 saturated carbocycles. The van der Waals surface area contributed by atoms with Gasteiger partial charge in [-0.1, -0.05) is 36.8 Å². The molecule has 1 N–H and O–H groups in total. The highest BCUT2D eigenvalue weighted by atomic mass is 14.9. The highest BCUT2D eigenvalue weighted by Crippen LogP contribution is 2.38. The second-order valence-corrected chi connectivity index (χ2v) is 6.71. The van der Waals surface area contributed by atoms with Crippen molar-refractivity contribution in [1.29, 1.82) is 0 Å². The van der Waals surface area contributed by atoms with Gasteiger partial charge in [-0.05, 0) is 72.9 Å². The summed E-state index contributed by atoms with van der Waals surface area (Å²) in [7, 11) is 0. The number of hydrogen-bond donors (Lipinski definition) is 1. The molecule has 1 aliphatic carbocycles. The lowest BCUT2D eigenvalue weighted by atomic mass is 9.79. The molecule has 1 atom stereocenters. The van der Waals surface area contributed by atoms with Crippen LogP contribution < -0.4 is 5.32 Å². The van der Waals surface area contributed by atoms with E-state index >= 15 is 0 Å². The minimum absolute atomic E-state index is 0.602. The van der Waals surface area contributed by atoms with E-state index in [9.17, 15) is 0 Å². The number of anilines is 1. The maximum atomic E-state index is 3.59. The van der Waals surface area contributed by atoms with Gasteiger partial charge in [-0.3, -0.25) is 0 Å². The Morgan fingerprint density at radius 2 is 1.81 bits per heavy atom. The lowest BCUT2D eigenvalue weighted by molar-refractivity contribution is 0.420. The van der Waals surface area contributed by atoms with Crippen LogP contribution in [-0.2, 0) is 6.42 Å². The van der Waals surface area contributed by atoms with Gasteiger partial charge in [-0.15, -0.1) is 0 Å². The Kier molecular flexibility index (Phi) is 3.21. The summed E-state index contributed by atoms with van der Waals surface area (Å²) in [6.07, 6.45) is 6.57. The second kappa shape index (κ2) is 5.22. The average molecular weight is 277 g/mol. The van der Waals surface area contributed by atoms with Crippen LogP contribution in [0.1, 0.15) is 49.7 Å². The normalized spacial score (nSPS) is 21.3. The average Bonchev–Trinajstić information content (AvgIpc) is 2.45. The smallest absolute Gasteiger partial charge is 0.0375 e. The maximum absolute atomic E-state index is 3.59. The molecule has 108 valence electrons. The first kappa shape index (κ1) is 12.9. The molecule has 0 spiro atoms. The van der Waals surface area contributed by atoms with Gasteiger partial charge < -0.3 is 5.32 Å². The van der Waals surface area contributed by atoms with Crippen LogP contribution in [0.15, 0.2) is 42.5 Å². The van der Waals surface area contributed by atoms with Crippen molar-refractivity contribution in [3.63, 3.8) is 0 Å². The first-order valence-electron chi connectivity index (χ1n) is 8.29. The second-order valence-electron chi connectivity index (χ2n) is 6.71. The Bertz CT molecular complexity index is 655. The molecular weight excluding hydrogens is 254 g/mol. The number of nitrogens with one attached hydrogen (secondary N) is 1. The quantitative estimate of drug-likeness (QED) is 0.778. The Labute approximate surface area is 127 Å². The van der Waals surface area contributed by atoms with Crippen LogP contribution in [0.4, 0.5) is 5.69 Å². The van der Waals surface area contributed by atoms with Gasteiger partial charge in [0.1, 0.15) is 0 Å². The summed E-state index contributed by atoms with van der Waals surface area (Å²) in [5.41, 5.74) is 7.07. The van der Waals surface area contributed by atoms with E-state index in [1.165, 1.54) is 60.0 Å². The summed E-state index contributed by atoms with van der Waals surface area (Å²) in [4.78, 5) is 0. The van der Waals surface area contributed by atoms with E-state index in [2.05, 4.69) is 54.7 Å². The molecule has 0 radical (unpaired) electrons. The molecule has 1 unspecified atom stereocenters. The molecule has 1 heteroatoms. The van der Waals surface area contributed by atoms with Crippen molar-refractivity contribution in [3.8, 4) is 11.1 Å².